The van der Waals surface area contributed by atoms with Gasteiger partial charge in [-0.05, 0) is 32.3 Å². The molecule has 8 nitrogen and oxygen atoms in total. The molecule has 5 rings (SSSR count). The van der Waals surface area contributed by atoms with Gasteiger partial charge in [0.1, 0.15) is 18.1 Å². The van der Waals surface area contributed by atoms with E-state index in [2.05, 4.69) is 25.7 Å². The Morgan fingerprint density at radius 3 is 2.93 bits per heavy atom. The summed E-state index contributed by atoms with van der Waals surface area (Å²) in [6.45, 7) is 3.99. The fraction of sp³-hybridized carbons (Fsp3) is 0.632. The second-order valence-electron chi connectivity index (χ2n) is 8.50. The van der Waals surface area contributed by atoms with E-state index in [9.17, 15) is 5.11 Å². The van der Waals surface area contributed by atoms with Crippen molar-refractivity contribution in [2.45, 2.75) is 43.8 Å². The SMILES string of the molecule is CN(C)/C=N/c1ncnc2c1ccn2C12C[C@H]1[C@H](CO)[C@H]1OC(C)(C)O[C@H]12. The van der Waals surface area contributed by atoms with Crippen molar-refractivity contribution in [1.29, 1.82) is 0 Å². The van der Waals surface area contributed by atoms with Crippen LogP contribution in [0, 0.1) is 11.8 Å². The minimum atomic E-state index is -0.636. The van der Waals surface area contributed by atoms with E-state index < -0.39 is 5.79 Å². The molecule has 3 aliphatic rings. The van der Waals surface area contributed by atoms with Crippen molar-refractivity contribution >= 4 is 23.2 Å². The first-order valence-electron chi connectivity index (χ1n) is 9.37. The van der Waals surface area contributed by atoms with Gasteiger partial charge in [-0.15, -0.1) is 0 Å². The number of aromatic nitrogens is 3. The van der Waals surface area contributed by atoms with E-state index >= 15 is 0 Å². The maximum absolute atomic E-state index is 9.98. The Morgan fingerprint density at radius 2 is 2.19 bits per heavy atom. The molecule has 2 aromatic rings. The zero-order chi connectivity index (χ0) is 19.0. The summed E-state index contributed by atoms with van der Waals surface area (Å²) in [6, 6.07) is 2.02. The number of nitrogens with zero attached hydrogens (tertiary/aromatic N) is 5. The molecule has 0 bridgehead atoms. The highest BCUT2D eigenvalue weighted by molar-refractivity contribution is 5.87. The molecule has 0 amide bonds. The summed E-state index contributed by atoms with van der Waals surface area (Å²) in [5.41, 5.74) is 0.633. The number of fused-ring (bicyclic) bond motifs is 4. The van der Waals surface area contributed by atoms with Gasteiger partial charge in [0.2, 0.25) is 0 Å². The molecule has 0 radical (unpaired) electrons. The van der Waals surface area contributed by atoms with Gasteiger partial charge in [-0.25, -0.2) is 15.0 Å². The van der Waals surface area contributed by atoms with Crippen molar-refractivity contribution in [3.05, 3.63) is 18.6 Å². The topological polar surface area (TPSA) is 85.0 Å². The van der Waals surface area contributed by atoms with Gasteiger partial charge in [0, 0.05) is 32.8 Å². The summed E-state index contributed by atoms with van der Waals surface area (Å²) < 4.78 is 14.7. The van der Waals surface area contributed by atoms with Crippen LogP contribution in [0.5, 0.6) is 0 Å². The first-order chi connectivity index (χ1) is 12.9. The van der Waals surface area contributed by atoms with Crippen molar-refractivity contribution in [2.75, 3.05) is 20.7 Å². The van der Waals surface area contributed by atoms with E-state index in [4.69, 9.17) is 9.47 Å². The average molecular weight is 371 g/mol. The number of aliphatic hydroxyl groups excluding tert-OH is 1. The normalized spacial score (nSPS) is 36.3. The summed E-state index contributed by atoms with van der Waals surface area (Å²) in [6.07, 6.45) is 6.13. The van der Waals surface area contributed by atoms with Gasteiger partial charge in [-0.1, -0.05) is 0 Å². The van der Waals surface area contributed by atoms with Crippen LogP contribution in [0.4, 0.5) is 5.82 Å². The van der Waals surface area contributed by atoms with Crippen LogP contribution < -0.4 is 0 Å². The minimum Gasteiger partial charge on any atom is -0.396 e. The first-order valence-corrected chi connectivity index (χ1v) is 9.37. The molecule has 2 aromatic heterocycles. The van der Waals surface area contributed by atoms with Crippen molar-refractivity contribution in [3.8, 4) is 0 Å². The molecular formula is C19H25N5O3. The number of rotatable bonds is 4. The Morgan fingerprint density at radius 1 is 1.37 bits per heavy atom. The number of aliphatic hydroxyl groups is 1. The molecule has 3 heterocycles. The van der Waals surface area contributed by atoms with Gasteiger partial charge >= 0.3 is 0 Å². The largest absolute Gasteiger partial charge is 0.396 e. The Labute approximate surface area is 157 Å². The lowest BCUT2D eigenvalue weighted by molar-refractivity contribution is -0.162. The molecule has 27 heavy (non-hydrogen) atoms. The lowest BCUT2D eigenvalue weighted by Crippen LogP contribution is -2.37. The lowest BCUT2D eigenvalue weighted by atomic mass is 10.0. The maximum Gasteiger partial charge on any atom is 0.166 e. The molecular weight excluding hydrogens is 346 g/mol. The fourth-order valence-corrected chi connectivity index (χ4v) is 5.05. The third-order valence-electron chi connectivity index (χ3n) is 6.12. The van der Waals surface area contributed by atoms with Gasteiger partial charge < -0.3 is 24.0 Å². The standard InChI is InChI=1S/C19H25N5O3/c1-18(2)26-14-12(8-25)13-7-19(13,15(14)27-18)24-6-5-11-16(22-10-23(3)4)20-9-21-17(11)24/h5-6,9-10,12-15,25H,7-8H2,1-4H3/b22-10+/t12-,13-,14+,15+,19?/m0/s1. The van der Waals surface area contributed by atoms with Crippen LogP contribution in [0.15, 0.2) is 23.6 Å². The molecule has 1 aliphatic heterocycles. The number of ether oxygens (including phenoxy) is 2. The monoisotopic (exact) mass is 371 g/mol. The van der Waals surface area contributed by atoms with E-state index in [1.807, 2.05) is 38.9 Å². The zero-order valence-corrected chi connectivity index (χ0v) is 16.0. The Bertz CT molecular complexity index is 923. The second-order valence-corrected chi connectivity index (χ2v) is 8.50. The molecule has 8 heteroatoms. The van der Waals surface area contributed by atoms with Gasteiger partial charge in [0.15, 0.2) is 11.6 Å². The number of hydrogen-bond donors (Lipinski definition) is 1. The van der Waals surface area contributed by atoms with Crippen molar-refractivity contribution in [2.24, 2.45) is 16.8 Å². The lowest BCUT2D eigenvalue weighted by Gasteiger charge is -2.25. The van der Waals surface area contributed by atoms with E-state index in [1.54, 1.807) is 12.7 Å². The molecule has 1 saturated heterocycles. The summed E-state index contributed by atoms with van der Waals surface area (Å²) >= 11 is 0. The van der Waals surface area contributed by atoms with Crippen molar-refractivity contribution < 1.29 is 14.6 Å². The quantitative estimate of drug-likeness (QED) is 0.648. The molecule has 5 atom stereocenters. The minimum absolute atomic E-state index is 0.0855. The summed E-state index contributed by atoms with van der Waals surface area (Å²) in [5, 5.41) is 10.9. The highest BCUT2D eigenvalue weighted by Gasteiger charge is 2.76. The Balaban J connectivity index is 1.60. The van der Waals surface area contributed by atoms with E-state index in [0.29, 0.717) is 11.7 Å². The Hall–Kier alpha value is -2.03. The highest BCUT2D eigenvalue weighted by atomic mass is 16.8. The van der Waals surface area contributed by atoms with Crippen molar-refractivity contribution in [3.63, 3.8) is 0 Å². The van der Waals surface area contributed by atoms with E-state index in [-0.39, 0.29) is 30.3 Å². The van der Waals surface area contributed by atoms with Crippen molar-refractivity contribution in [1.82, 2.24) is 19.4 Å². The van der Waals surface area contributed by atoms with Crippen LogP contribution in [0.25, 0.3) is 11.0 Å². The zero-order valence-electron chi connectivity index (χ0n) is 16.0. The van der Waals surface area contributed by atoms with Gasteiger partial charge in [0.25, 0.3) is 0 Å². The average Bonchev–Trinajstić information content (AvgIpc) is 2.92. The second kappa shape index (κ2) is 5.50. The molecule has 0 spiro atoms. The fourth-order valence-electron chi connectivity index (χ4n) is 5.05. The summed E-state index contributed by atoms with van der Waals surface area (Å²) in [5.74, 6) is 0.427. The molecule has 3 fully saturated rings. The predicted molar refractivity (Wildman–Crippen MR) is 99.8 cm³/mol. The molecule has 1 unspecified atom stereocenters. The van der Waals surface area contributed by atoms with Gasteiger partial charge in [-0.2, -0.15) is 0 Å². The summed E-state index contributed by atoms with van der Waals surface area (Å²) in [4.78, 5) is 15.2. The van der Waals surface area contributed by atoms with Crippen LogP contribution in [-0.4, -0.2) is 69.6 Å². The van der Waals surface area contributed by atoms with Crippen LogP contribution in [0.3, 0.4) is 0 Å². The van der Waals surface area contributed by atoms with E-state index in [0.717, 1.165) is 17.5 Å². The van der Waals surface area contributed by atoms with Crippen LogP contribution in [0.1, 0.15) is 20.3 Å². The molecule has 2 aliphatic carbocycles. The third-order valence-corrected chi connectivity index (χ3v) is 6.12. The molecule has 1 N–H and O–H groups in total. The predicted octanol–water partition coefficient (Wildman–Crippen LogP) is 1.51. The Kier molecular flexibility index (Phi) is 3.48. The van der Waals surface area contributed by atoms with Crippen LogP contribution >= 0.6 is 0 Å². The van der Waals surface area contributed by atoms with Gasteiger partial charge in [0.05, 0.1) is 23.4 Å². The smallest absolute Gasteiger partial charge is 0.166 e. The number of aliphatic imine (C=N–C) groups is 1. The maximum atomic E-state index is 9.98. The van der Waals surface area contributed by atoms with Crippen LogP contribution in [-0.2, 0) is 15.0 Å². The van der Waals surface area contributed by atoms with E-state index in [1.165, 1.54) is 0 Å². The molecule has 2 saturated carbocycles. The van der Waals surface area contributed by atoms with Gasteiger partial charge in [-0.3, -0.25) is 0 Å². The first kappa shape index (κ1) is 17.1. The summed E-state index contributed by atoms with van der Waals surface area (Å²) in [7, 11) is 3.85. The number of hydrogen-bond acceptors (Lipinski definition) is 6. The molecule has 0 aromatic carbocycles. The third kappa shape index (κ3) is 2.30. The highest BCUT2D eigenvalue weighted by Crippen LogP contribution is 2.68. The molecule has 144 valence electrons. The van der Waals surface area contributed by atoms with Crippen LogP contribution in [0.2, 0.25) is 0 Å².